The Morgan fingerprint density at radius 1 is 1.22 bits per heavy atom. The van der Waals surface area contributed by atoms with Crippen molar-refractivity contribution in [2.45, 2.75) is 19.5 Å². The summed E-state index contributed by atoms with van der Waals surface area (Å²) in [7, 11) is 0. The van der Waals surface area contributed by atoms with Crippen LogP contribution in [0.1, 0.15) is 22.8 Å². The minimum atomic E-state index is -0.415. The van der Waals surface area contributed by atoms with E-state index in [0.717, 1.165) is 38.4 Å². The smallest absolute Gasteiger partial charge is 0.255 e. The van der Waals surface area contributed by atoms with Gasteiger partial charge in [-0.1, -0.05) is 30.3 Å². The van der Waals surface area contributed by atoms with E-state index in [0.29, 0.717) is 16.6 Å². The molecule has 1 aliphatic heterocycles. The molecule has 2 aromatic rings. The Hall–Kier alpha value is -1.76. The van der Waals surface area contributed by atoms with Crippen LogP contribution in [0, 0.1) is 5.82 Å². The lowest BCUT2D eigenvalue weighted by Crippen LogP contribution is -2.48. The number of benzene rings is 2. The first-order valence-corrected chi connectivity index (χ1v) is 9.94. The van der Waals surface area contributed by atoms with Crippen LogP contribution in [-0.2, 0) is 11.3 Å². The van der Waals surface area contributed by atoms with Crippen LogP contribution in [0.4, 0.5) is 4.39 Å². The standard InChI is InChI=1S/C21H24BrFN2O2/c1-16(14-24-9-11-27-12-10-24)25(15-17-5-3-2-4-6-17)21(26)19-13-18(23)7-8-20(19)22/h2-8,13,16H,9-12,14-15H2,1H3. The van der Waals surface area contributed by atoms with Crippen LogP contribution >= 0.6 is 15.9 Å². The molecule has 1 heterocycles. The summed E-state index contributed by atoms with van der Waals surface area (Å²) in [5, 5.41) is 0. The molecule has 1 amide bonds. The average Bonchev–Trinajstić information content (AvgIpc) is 2.69. The Morgan fingerprint density at radius 2 is 1.93 bits per heavy atom. The molecule has 0 bridgehead atoms. The number of ether oxygens (including phenoxy) is 1. The number of rotatable bonds is 6. The van der Waals surface area contributed by atoms with Gasteiger partial charge in [0.05, 0.1) is 18.8 Å². The number of amides is 1. The molecule has 2 aromatic carbocycles. The lowest BCUT2D eigenvalue weighted by molar-refractivity contribution is 0.0228. The molecule has 0 aliphatic carbocycles. The third-order valence-corrected chi connectivity index (χ3v) is 5.47. The SMILES string of the molecule is CC(CN1CCOCC1)N(Cc1ccccc1)C(=O)c1cc(F)ccc1Br. The molecule has 0 saturated carbocycles. The van der Waals surface area contributed by atoms with Crippen molar-refractivity contribution in [3.8, 4) is 0 Å². The van der Waals surface area contributed by atoms with Crippen LogP contribution in [0.15, 0.2) is 53.0 Å². The van der Waals surface area contributed by atoms with E-state index in [1.165, 1.54) is 12.1 Å². The number of hydrogen-bond donors (Lipinski definition) is 0. The number of carbonyl (C=O) groups is 1. The summed E-state index contributed by atoms with van der Waals surface area (Å²) < 4.78 is 19.8. The van der Waals surface area contributed by atoms with Crippen molar-refractivity contribution in [2.24, 2.45) is 0 Å². The molecule has 144 valence electrons. The quantitative estimate of drug-likeness (QED) is 0.689. The van der Waals surface area contributed by atoms with Crippen LogP contribution in [0.3, 0.4) is 0 Å². The number of hydrogen-bond acceptors (Lipinski definition) is 3. The highest BCUT2D eigenvalue weighted by Gasteiger charge is 2.26. The average molecular weight is 435 g/mol. The third-order valence-electron chi connectivity index (χ3n) is 4.77. The topological polar surface area (TPSA) is 32.8 Å². The monoisotopic (exact) mass is 434 g/mol. The molecule has 6 heteroatoms. The predicted octanol–water partition coefficient (Wildman–Crippen LogP) is 3.95. The van der Waals surface area contributed by atoms with Crippen LogP contribution in [0.2, 0.25) is 0 Å². The molecule has 0 N–H and O–H groups in total. The Balaban J connectivity index is 1.83. The van der Waals surface area contributed by atoms with E-state index in [2.05, 4.69) is 20.8 Å². The minimum Gasteiger partial charge on any atom is -0.379 e. The third kappa shape index (κ3) is 5.37. The van der Waals surface area contributed by atoms with Gasteiger partial charge in [0.2, 0.25) is 0 Å². The van der Waals surface area contributed by atoms with E-state index in [1.807, 2.05) is 42.2 Å². The maximum Gasteiger partial charge on any atom is 0.255 e. The Bertz CT molecular complexity index is 766. The molecule has 1 aliphatic rings. The maximum atomic E-state index is 13.8. The van der Waals surface area contributed by atoms with Gasteiger partial charge >= 0.3 is 0 Å². The summed E-state index contributed by atoms with van der Waals surface area (Å²) in [5.41, 5.74) is 1.40. The Morgan fingerprint density at radius 3 is 2.63 bits per heavy atom. The van der Waals surface area contributed by atoms with Gasteiger partial charge in [0, 0.05) is 36.7 Å². The lowest BCUT2D eigenvalue weighted by Gasteiger charge is -2.35. The summed E-state index contributed by atoms with van der Waals surface area (Å²) in [5.74, 6) is -0.590. The highest BCUT2D eigenvalue weighted by atomic mass is 79.9. The first-order valence-electron chi connectivity index (χ1n) is 9.14. The van der Waals surface area contributed by atoms with Gasteiger partial charge in [0.25, 0.3) is 5.91 Å². The molecule has 1 atom stereocenters. The second-order valence-electron chi connectivity index (χ2n) is 6.80. The van der Waals surface area contributed by atoms with Crippen molar-refractivity contribution in [1.82, 2.24) is 9.80 Å². The van der Waals surface area contributed by atoms with Crippen molar-refractivity contribution in [1.29, 1.82) is 0 Å². The fourth-order valence-corrected chi connectivity index (χ4v) is 3.70. The number of morpholine rings is 1. The van der Waals surface area contributed by atoms with Gasteiger partial charge in [-0.15, -0.1) is 0 Å². The van der Waals surface area contributed by atoms with Crippen molar-refractivity contribution in [3.63, 3.8) is 0 Å². The molecule has 1 unspecified atom stereocenters. The highest BCUT2D eigenvalue weighted by molar-refractivity contribution is 9.10. The maximum absolute atomic E-state index is 13.8. The molecule has 4 nitrogen and oxygen atoms in total. The van der Waals surface area contributed by atoms with Gasteiger partial charge in [-0.3, -0.25) is 9.69 Å². The van der Waals surface area contributed by atoms with Gasteiger partial charge in [0.15, 0.2) is 0 Å². The zero-order chi connectivity index (χ0) is 19.2. The van der Waals surface area contributed by atoms with Gasteiger partial charge in [-0.25, -0.2) is 4.39 Å². The number of halogens is 2. The van der Waals surface area contributed by atoms with Crippen LogP contribution in [-0.4, -0.2) is 54.6 Å². The van der Waals surface area contributed by atoms with E-state index >= 15 is 0 Å². The second kappa shape index (κ2) is 9.44. The van der Waals surface area contributed by atoms with Crippen molar-refractivity contribution in [2.75, 3.05) is 32.8 Å². The van der Waals surface area contributed by atoms with Crippen molar-refractivity contribution < 1.29 is 13.9 Å². The van der Waals surface area contributed by atoms with Gasteiger partial charge in [-0.2, -0.15) is 0 Å². The van der Waals surface area contributed by atoms with Gasteiger partial charge in [-0.05, 0) is 46.6 Å². The molecule has 0 spiro atoms. The van der Waals surface area contributed by atoms with Crippen molar-refractivity contribution in [3.05, 3.63) is 69.9 Å². The Labute approximate surface area is 168 Å². The van der Waals surface area contributed by atoms with E-state index in [-0.39, 0.29) is 11.9 Å². The van der Waals surface area contributed by atoms with E-state index in [4.69, 9.17) is 4.74 Å². The van der Waals surface area contributed by atoms with E-state index < -0.39 is 5.82 Å². The predicted molar refractivity (Wildman–Crippen MR) is 107 cm³/mol. The fraction of sp³-hybridized carbons (Fsp3) is 0.381. The molecule has 0 radical (unpaired) electrons. The van der Waals surface area contributed by atoms with E-state index in [1.54, 1.807) is 6.07 Å². The highest BCUT2D eigenvalue weighted by Crippen LogP contribution is 2.22. The molecule has 0 aromatic heterocycles. The van der Waals surface area contributed by atoms with Gasteiger partial charge < -0.3 is 9.64 Å². The molecule has 1 fully saturated rings. The largest absolute Gasteiger partial charge is 0.379 e. The number of carbonyl (C=O) groups excluding carboxylic acids is 1. The van der Waals surface area contributed by atoms with Crippen LogP contribution in [0.5, 0.6) is 0 Å². The Kier molecular flexibility index (Phi) is 6.99. The second-order valence-corrected chi connectivity index (χ2v) is 7.66. The minimum absolute atomic E-state index is 0.0222. The zero-order valence-electron chi connectivity index (χ0n) is 15.4. The summed E-state index contributed by atoms with van der Waals surface area (Å²) in [6, 6.07) is 14.1. The molecule has 27 heavy (non-hydrogen) atoms. The molecule has 1 saturated heterocycles. The fourth-order valence-electron chi connectivity index (χ4n) is 3.28. The van der Waals surface area contributed by atoms with E-state index in [9.17, 15) is 9.18 Å². The number of nitrogens with zero attached hydrogens (tertiary/aromatic N) is 2. The van der Waals surface area contributed by atoms with Gasteiger partial charge in [0.1, 0.15) is 5.82 Å². The summed E-state index contributed by atoms with van der Waals surface area (Å²) >= 11 is 3.39. The normalized spacial score (nSPS) is 16.1. The van der Waals surface area contributed by atoms with Crippen LogP contribution in [0.25, 0.3) is 0 Å². The zero-order valence-corrected chi connectivity index (χ0v) is 17.0. The summed E-state index contributed by atoms with van der Waals surface area (Å²) in [6.07, 6.45) is 0. The first-order chi connectivity index (χ1) is 13.0. The summed E-state index contributed by atoms with van der Waals surface area (Å²) in [6.45, 7) is 6.44. The lowest BCUT2D eigenvalue weighted by atomic mass is 10.1. The molecular formula is C21H24BrFN2O2. The van der Waals surface area contributed by atoms with Crippen molar-refractivity contribution >= 4 is 21.8 Å². The summed E-state index contributed by atoms with van der Waals surface area (Å²) in [4.78, 5) is 17.4. The van der Waals surface area contributed by atoms with Crippen LogP contribution < -0.4 is 0 Å². The first kappa shape index (κ1) is 20.0. The molecule has 3 rings (SSSR count). The molecular weight excluding hydrogens is 411 g/mol.